The molecular formula is C20H11F6NO3. The zero-order valence-electron chi connectivity index (χ0n) is 14.8. The van der Waals surface area contributed by atoms with Crippen LogP contribution in [0, 0.1) is 0 Å². The maximum absolute atomic E-state index is 12.7. The fourth-order valence-corrected chi connectivity index (χ4v) is 2.70. The summed E-state index contributed by atoms with van der Waals surface area (Å²) in [6.07, 6.45) is -9.59. The number of carbonyl (C=O) groups excluding carboxylic acids is 1. The Balaban J connectivity index is 2.16. The van der Waals surface area contributed by atoms with Crippen LogP contribution in [-0.4, -0.2) is 24.0 Å². The predicted molar refractivity (Wildman–Crippen MR) is 93.9 cm³/mol. The van der Waals surface area contributed by atoms with E-state index < -0.39 is 24.2 Å². The van der Waals surface area contributed by atoms with Crippen LogP contribution >= 0.6 is 0 Å². The molecule has 3 aromatic rings. The van der Waals surface area contributed by atoms with E-state index >= 15 is 0 Å². The van der Waals surface area contributed by atoms with Crippen LogP contribution in [0.2, 0.25) is 0 Å². The number of pyridine rings is 1. The minimum absolute atomic E-state index is 0.0442. The third-order valence-corrected chi connectivity index (χ3v) is 3.81. The first-order chi connectivity index (χ1) is 14.1. The van der Waals surface area contributed by atoms with Crippen molar-refractivity contribution in [2.45, 2.75) is 12.7 Å². The number of rotatable bonds is 5. The van der Waals surface area contributed by atoms with Crippen LogP contribution in [0.5, 0.6) is 11.5 Å². The van der Waals surface area contributed by atoms with E-state index in [9.17, 15) is 31.1 Å². The van der Waals surface area contributed by atoms with Gasteiger partial charge in [-0.2, -0.15) is 0 Å². The molecular weight excluding hydrogens is 416 g/mol. The van der Waals surface area contributed by atoms with Gasteiger partial charge >= 0.3 is 12.7 Å². The smallest absolute Gasteiger partial charge is 0.405 e. The van der Waals surface area contributed by atoms with Crippen molar-refractivity contribution in [3.63, 3.8) is 0 Å². The Morgan fingerprint density at radius 1 is 0.700 bits per heavy atom. The number of para-hydroxylation sites is 2. The number of hydrogen-bond acceptors (Lipinski definition) is 4. The summed E-state index contributed by atoms with van der Waals surface area (Å²) >= 11 is 0. The zero-order chi connectivity index (χ0) is 21.9. The number of alkyl halides is 6. The summed E-state index contributed by atoms with van der Waals surface area (Å²) in [6.45, 7) is 0. The molecule has 0 atom stereocenters. The normalized spacial score (nSPS) is 11.8. The Hall–Kier alpha value is -3.56. The number of benzene rings is 2. The lowest BCUT2D eigenvalue weighted by molar-refractivity contribution is -0.275. The monoisotopic (exact) mass is 427 g/mol. The van der Waals surface area contributed by atoms with Crippen molar-refractivity contribution >= 4 is 6.29 Å². The average Bonchev–Trinajstić information content (AvgIpc) is 2.66. The van der Waals surface area contributed by atoms with Gasteiger partial charge in [0, 0.05) is 16.7 Å². The van der Waals surface area contributed by atoms with Crippen molar-refractivity contribution in [3.8, 4) is 34.0 Å². The number of halogens is 6. The highest BCUT2D eigenvalue weighted by Crippen LogP contribution is 2.37. The number of nitrogens with zero attached hydrogens (tertiary/aromatic N) is 1. The van der Waals surface area contributed by atoms with Gasteiger partial charge in [-0.05, 0) is 36.4 Å². The van der Waals surface area contributed by atoms with Gasteiger partial charge in [0.15, 0.2) is 6.29 Å². The van der Waals surface area contributed by atoms with Crippen molar-refractivity contribution in [2.24, 2.45) is 0 Å². The Kier molecular flexibility index (Phi) is 5.68. The van der Waals surface area contributed by atoms with E-state index in [1.165, 1.54) is 48.5 Å². The molecule has 3 rings (SSSR count). The molecule has 0 aliphatic rings. The predicted octanol–water partition coefficient (Wildman–Crippen LogP) is 6.03. The summed E-state index contributed by atoms with van der Waals surface area (Å²) in [5, 5.41) is 0. The summed E-state index contributed by atoms with van der Waals surface area (Å²) < 4.78 is 84.3. The summed E-state index contributed by atoms with van der Waals surface area (Å²) in [4.78, 5) is 15.6. The minimum atomic E-state index is -5.00. The summed E-state index contributed by atoms with van der Waals surface area (Å²) in [7, 11) is 0. The Bertz CT molecular complexity index is 1060. The lowest BCUT2D eigenvalue weighted by Crippen LogP contribution is -2.18. The van der Waals surface area contributed by atoms with Crippen molar-refractivity contribution in [2.75, 3.05) is 0 Å². The van der Waals surface area contributed by atoms with Crippen molar-refractivity contribution in [1.82, 2.24) is 4.98 Å². The standard InChI is InChI=1S/C20H11F6NO3/c21-19(22,23)29-16-7-3-1-5-13(16)15-10-9-12(11-28)18(27-15)14-6-2-4-8-17(14)30-20(24,25)26/h1-11H. The molecule has 0 N–H and O–H groups in total. The quantitative estimate of drug-likeness (QED) is 0.369. The van der Waals surface area contributed by atoms with E-state index in [-0.39, 0.29) is 28.1 Å². The maximum Gasteiger partial charge on any atom is 0.573 e. The highest BCUT2D eigenvalue weighted by atomic mass is 19.4. The van der Waals surface area contributed by atoms with Crippen LogP contribution in [0.4, 0.5) is 26.3 Å². The fraction of sp³-hybridized carbons (Fsp3) is 0.100. The Morgan fingerprint density at radius 3 is 1.73 bits per heavy atom. The second kappa shape index (κ2) is 8.05. The number of carbonyl (C=O) groups is 1. The van der Waals surface area contributed by atoms with Crippen molar-refractivity contribution < 1.29 is 40.6 Å². The largest absolute Gasteiger partial charge is 0.573 e. The molecule has 156 valence electrons. The number of aldehydes is 1. The van der Waals surface area contributed by atoms with E-state index in [4.69, 9.17) is 0 Å². The Labute approximate surface area is 165 Å². The summed E-state index contributed by atoms with van der Waals surface area (Å²) in [6, 6.07) is 12.6. The molecule has 1 heterocycles. The maximum atomic E-state index is 12.7. The first kappa shape index (κ1) is 21.2. The number of ether oxygens (including phenoxy) is 2. The minimum Gasteiger partial charge on any atom is -0.405 e. The van der Waals surface area contributed by atoms with Crippen molar-refractivity contribution in [3.05, 3.63) is 66.2 Å². The first-order valence-corrected chi connectivity index (χ1v) is 8.24. The molecule has 0 saturated heterocycles. The van der Waals surface area contributed by atoms with Gasteiger partial charge in [-0.15, -0.1) is 26.3 Å². The molecule has 0 fully saturated rings. The van der Waals surface area contributed by atoms with Gasteiger partial charge in [-0.1, -0.05) is 24.3 Å². The van der Waals surface area contributed by atoms with Crippen LogP contribution in [0.25, 0.3) is 22.5 Å². The number of hydrogen-bond donors (Lipinski definition) is 0. The first-order valence-electron chi connectivity index (χ1n) is 8.24. The molecule has 4 nitrogen and oxygen atoms in total. The van der Waals surface area contributed by atoms with Crippen molar-refractivity contribution in [1.29, 1.82) is 0 Å². The average molecular weight is 427 g/mol. The molecule has 30 heavy (non-hydrogen) atoms. The van der Waals surface area contributed by atoms with E-state index in [2.05, 4.69) is 14.5 Å². The van der Waals surface area contributed by atoms with E-state index in [1.807, 2.05) is 0 Å². The topological polar surface area (TPSA) is 48.4 Å². The van der Waals surface area contributed by atoms with Gasteiger partial charge in [-0.3, -0.25) is 4.79 Å². The number of aromatic nitrogens is 1. The molecule has 0 bridgehead atoms. The molecule has 0 saturated carbocycles. The van der Waals surface area contributed by atoms with Gasteiger partial charge < -0.3 is 9.47 Å². The zero-order valence-corrected chi connectivity index (χ0v) is 14.8. The van der Waals surface area contributed by atoms with Gasteiger partial charge in [0.25, 0.3) is 0 Å². The van der Waals surface area contributed by atoms with Crippen LogP contribution in [0.15, 0.2) is 60.7 Å². The van der Waals surface area contributed by atoms with E-state index in [1.54, 1.807) is 0 Å². The van der Waals surface area contributed by atoms with Crippen LogP contribution in [-0.2, 0) is 0 Å². The van der Waals surface area contributed by atoms with E-state index in [0.717, 1.165) is 12.1 Å². The Morgan fingerprint density at radius 2 is 1.20 bits per heavy atom. The summed E-state index contributed by atoms with van der Waals surface area (Å²) in [5.41, 5.74) is -0.539. The van der Waals surface area contributed by atoms with Crippen LogP contribution < -0.4 is 9.47 Å². The molecule has 0 radical (unpaired) electrons. The molecule has 0 spiro atoms. The van der Waals surface area contributed by atoms with Gasteiger partial charge in [0.1, 0.15) is 11.5 Å². The molecule has 10 heteroatoms. The third-order valence-electron chi connectivity index (χ3n) is 3.81. The second-order valence-electron chi connectivity index (χ2n) is 5.84. The molecule has 0 aliphatic carbocycles. The molecule has 0 aliphatic heterocycles. The third kappa shape index (κ3) is 5.07. The highest BCUT2D eigenvalue weighted by Gasteiger charge is 2.33. The lowest BCUT2D eigenvalue weighted by Gasteiger charge is -2.16. The van der Waals surface area contributed by atoms with Gasteiger partial charge in [0.05, 0.1) is 11.4 Å². The molecule has 0 amide bonds. The molecule has 1 aromatic heterocycles. The molecule has 2 aromatic carbocycles. The SMILES string of the molecule is O=Cc1ccc(-c2ccccc2OC(F)(F)F)nc1-c1ccccc1OC(F)(F)F. The second-order valence-corrected chi connectivity index (χ2v) is 5.84. The highest BCUT2D eigenvalue weighted by molar-refractivity contribution is 5.88. The van der Waals surface area contributed by atoms with Gasteiger partial charge in [0.2, 0.25) is 0 Å². The van der Waals surface area contributed by atoms with Gasteiger partial charge in [-0.25, -0.2) is 4.98 Å². The van der Waals surface area contributed by atoms with E-state index in [0.29, 0.717) is 6.29 Å². The fourth-order valence-electron chi connectivity index (χ4n) is 2.70. The summed E-state index contributed by atoms with van der Waals surface area (Å²) in [5.74, 6) is -1.17. The lowest BCUT2D eigenvalue weighted by atomic mass is 10.0. The van der Waals surface area contributed by atoms with Crippen LogP contribution in [0.3, 0.4) is 0 Å². The van der Waals surface area contributed by atoms with Crippen LogP contribution in [0.1, 0.15) is 10.4 Å². The molecule has 0 unspecified atom stereocenters.